The molecule has 0 aromatic heterocycles. The van der Waals surface area contributed by atoms with Crippen LogP contribution >= 0.6 is 11.6 Å². The van der Waals surface area contributed by atoms with E-state index in [9.17, 15) is 0 Å². The lowest BCUT2D eigenvalue weighted by Gasteiger charge is -2.07. The summed E-state index contributed by atoms with van der Waals surface area (Å²) in [6.45, 7) is 2.59. The Kier molecular flexibility index (Phi) is 4.24. The molecule has 0 aliphatic carbocycles. The third-order valence-corrected chi connectivity index (χ3v) is 3.99. The summed E-state index contributed by atoms with van der Waals surface area (Å²) < 4.78 is 5.52. The van der Waals surface area contributed by atoms with Crippen LogP contribution in [0.2, 0.25) is 5.02 Å². The van der Waals surface area contributed by atoms with Crippen molar-refractivity contribution in [3.8, 4) is 5.75 Å². The number of benzene rings is 2. The smallest absolute Gasteiger partial charge is 0.122 e. The van der Waals surface area contributed by atoms with Gasteiger partial charge < -0.3 is 10.1 Å². The van der Waals surface area contributed by atoms with Crippen LogP contribution in [0.15, 0.2) is 42.5 Å². The SMILES string of the molecule is Clc1ccccc1CNCCc1ccc2c(c1)CCO2. The van der Waals surface area contributed by atoms with Gasteiger partial charge in [0.2, 0.25) is 0 Å². The molecule has 3 rings (SSSR count). The molecule has 0 radical (unpaired) electrons. The number of rotatable bonds is 5. The van der Waals surface area contributed by atoms with Crippen LogP contribution in [-0.4, -0.2) is 13.2 Å². The zero-order valence-corrected chi connectivity index (χ0v) is 12.1. The highest BCUT2D eigenvalue weighted by molar-refractivity contribution is 6.31. The monoisotopic (exact) mass is 287 g/mol. The quantitative estimate of drug-likeness (QED) is 0.848. The van der Waals surface area contributed by atoms with Crippen LogP contribution in [0.4, 0.5) is 0 Å². The van der Waals surface area contributed by atoms with Crippen LogP contribution < -0.4 is 10.1 Å². The largest absolute Gasteiger partial charge is 0.493 e. The highest BCUT2D eigenvalue weighted by atomic mass is 35.5. The lowest BCUT2D eigenvalue weighted by Crippen LogP contribution is -2.16. The topological polar surface area (TPSA) is 21.3 Å². The molecular weight excluding hydrogens is 270 g/mol. The van der Waals surface area contributed by atoms with Crippen LogP contribution in [0, 0.1) is 0 Å². The van der Waals surface area contributed by atoms with Crippen molar-refractivity contribution in [3.05, 3.63) is 64.2 Å². The van der Waals surface area contributed by atoms with E-state index in [1.54, 1.807) is 0 Å². The third kappa shape index (κ3) is 3.14. The summed E-state index contributed by atoms with van der Waals surface area (Å²) in [5.74, 6) is 1.05. The molecule has 2 aromatic carbocycles. The first kappa shape index (κ1) is 13.5. The Balaban J connectivity index is 1.49. The van der Waals surface area contributed by atoms with Gasteiger partial charge >= 0.3 is 0 Å². The van der Waals surface area contributed by atoms with E-state index in [0.717, 1.165) is 48.9 Å². The van der Waals surface area contributed by atoms with Gasteiger partial charge in [0.25, 0.3) is 0 Å². The van der Waals surface area contributed by atoms with E-state index in [1.807, 2.05) is 18.2 Å². The molecule has 0 fully saturated rings. The summed E-state index contributed by atoms with van der Waals surface area (Å²) >= 11 is 6.13. The lowest BCUT2D eigenvalue weighted by atomic mass is 10.1. The van der Waals surface area contributed by atoms with Crippen LogP contribution in [0.3, 0.4) is 0 Å². The maximum absolute atomic E-state index is 6.13. The van der Waals surface area contributed by atoms with E-state index in [4.69, 9.17) is 16.3 Å². The number of nitrogens with one attached hydrogen (secondary N) is 1. The Bertz CT molecular complexity index is 597. The molecule has 20 heavy (non-hydrogen) atoms. The van der Waals surface area contributed by atoms with Gasteiger partial charge in [-0.2, -0.15) is 0 Å². The van der Waals surface area contributed by atoms with Gasteiger partial charge in [-0.05, 0) is 41.8 Å². The minimum Gasteiger partial charge on any atom is -0.493 e. The molecule has 0 saturated carbocycles. The molecule has 3 heteroatoms. The van der Waals surface area contributed by atoms with Crippen molar-refractivity contribution in [2.24, 2.45) is 0 Å². The molecule has 0 saturated heterocycles. The van der Waals surface area contributed by atoms with Crippen molar-refractivity contribution in [1.29, 1.82) is 0 Å². The van der Waals surface area contributed by atoms with Gasteiger partial charge in [0, 0.05) is 18.0 Å². The third-order valence-electron chi connectivity index (χ3n) is 3.62. The minimum absolute atomic E-state index is 0.813. The van der Waals surface area contributed by atoms with Crippen molar-refractivity contribution >= 4 is 11.6 Å². The fourth-order valence-corrected chi connectivity index (χ4v) is 2.70. The molecule has 2 aromatic rings. The lowest BCUT2D eigenvalue weighted by molar-refractivity contribution is 0.357. The molecule has 0 spiro atoms. The van der Waals surface area contributed by atoms with E-state index in [1.165, 1.54) is 11.1 Å². The Labute approximate surface area is 124 Å². The van der Waals surface area contributed by atoms with Gasteiger partial charge in [-0.25, -0.2) is 0 Å². The van der Waals surface area contributed by atoms with Crippen molar-refractivity contribution in [3.63, 3.8) is 0 Å². The van der Waals surface area contributed by atoms with Gasteiger partial charge in [0.15, 0.2) is 0 Å². The summed E-state index contributed by atoms with van der Waals surface area (Å²) in [4.78, 5) is 0. The number of hydrogen-bond donors (Lipinski definition) is 1. The van der Waals surface area contributed by atoms with Gasteiger partial charge in [-0.1, -0.05) is 41.9 Å². The van der Waals surface area contributed by atoms with Crippen LogP contribution in [0.5, 0.6) is 5.75 Å². The summed E-state index contributed by atoms with van der Waals surface area (Å²) in [6, 6.07) is 14.5. The molecule has 1 N–H and O–H groups in total. The van der Waals surface area contributed by atoms with E-state index in [0.29, 0.717) is 0 Å². The summed E-state index contributed by atoms with van der Waals surface area (Å²) in [6.07, 6.45) is 2.06. The van der Waals surface area contributed by atoms with Crippen LogP contribution in [0.25, 0.3) is 0 Å². The van der Waals surface area contributed by atoms with E-state index < -0.39 is 0 Å². The molecule has 0 amide bonds. The maximum Gasteiger partial charge on any atom is 0.122 e. The fourth-order valence-electron chi connectivity index (χ4n) is 2.49. The molecule has 2 nitrogen and oxygen atoms in total. The van der Waals surface area contributed by atoms with Gasteiger partial charge in [-0.3, -0.25) is 0 Å². The molecular formula is C17H18ClNO. The van der Waals surface area contributed by atoms with Gasteiger partial charge in [0.1, 0.15) is 5.75 Å². The number of halogens is 1. The number of ether oxygens (including phenoxy) is 1. The summed E-state index contributed by atoms with van der Waals surface area (Å²) in [5.41, 5.74) is 3.85. The van der Waals surface area contributed by atoms with Crippen molar-refractivity contribution in [2.75, 3.05) is 13.2 Å². The highest BCUT2D eigenvalue weighted by Gasteiger charge is 2.11. The normalized spacial score (nSPS) is 13.1. The first-order valence-electron chi connectivity index (χ1n) is 7.01. The standard InChI is InChI=1S/C17H18ClNO/c18-16-4-2-1-3-15(16)12-19-9-7-13-5-6-17-14(11-13)8-10-20-17/h1-6,11,19H,7-10,12H2. The molecule has 1 aliphatic rings. The second kappa shape index (κ2) is 6.29. The van der Waals surface area contributed by atoms with Crippen molar-refractivity contribution < 1.29 is 4.74 Å². The van der Waals surface area contributed by atoms with E-state index in [-0.39, 0.29) is 0 Å². The Hall–Kier alpha value is -1.51. The van der Waals surface area contributed by atoms with E-state index in [2.05, 4.69) is 29.6 Å². The minimum atomic E-state index is 0.813. The average Bonchev–Trinajstić information content (AvgIpc) is 2.93. The predicted octanol–water partition coefficient (Wildman–Crippen LogP) is 3.61. The molecule has 104 valence electrons. The maximum atomic E-state index is 6.13. The second-order valence-electron chi connectivity index (χ2n) is 5.06. The molecule has 0 bridgehead atoms. The number of hydrogen-bond acceptors (Lipinski definition) is 2. The zero-order valence-electron chi connectivity index (χ0n) is 11.4. The Morgan fingerprint density at radius 2 is 2.05 bits per heavy atom. The van der Waals surface area contributed by atoms with Crippen molar-refractivity contribution in [2.45, 2.75) is 19.4 Å². The number of fused-ring (bicyclic) bond motifs is 1. The Morgan fingerprint density at radius 3 is 2.95 bits per heavy atom. The molecule has 1 aliphatic heterocycles. The highest BCUT2D eigenvalue weighted by Crippen LogP contribution is 2.25. The first-order valence-corrected chi connectivity index (χ1v) is 7.39. The van der Waals surface area contributed by atoms with Crippen LogP contribution in [0.1, 0.15) is 16.7 Å². The van der Waals surface area contributed by atoms with Crippen LogP contribution in [-0.2, 0) is 19.4 Å². The van der Waals surface area contributed by atoms with Crippen molar-refractivity contribution in [1.82, 2.24) is 5.32 Å². The van der Waals surface area contributed by atoms with Gasteiger partial charge in [0.05, 0.1) is 6.61 Å². The molecule has 1 heterocycles. The summed E-state index contributed by atoms with van der Waals surface area (Å²) in [5, 5.41) is 4.27. The van der Waals surface area contributed by atoms with E-state index >= 15 is 0 Å². The molecule has 0 atom stereocenters. The summed E-state index contributed by atoms with van der Waals surface area (Å²) in [7, 11) is 0. The predicted molar refractivity (Wildman–Crippen MR) is 82.5 cm³/mol. The molecule has 0 unspecified atom stereocenters. The Morgan fingerprint density at radius 1 is 1.15 bits per heavy atom. The zero-order chi connectivity index (χ0) is 13.8. The first-order chi connectivity index (χ1) is 9.83. The van der Waals surface area contributed by atoms with Gasteiger partial charge in [-0.15, -0.1) is 0 Å². The fraction of sp³-hybridized carbons (Fsp3) is 0.294. The second-order valence-corrected chi connectivity index (χ2v) is 5.47. The average molecular weight is 288 g/mol.